The molecule has 1 aliphatic heterocycles. The number of pyridine rings is 1. The quantitative estimate of drug-likeness (QED) is 0.456. The molecule has 0 aliphatic carbocycles. The highest BCUT2D eigenvalue weighted by molar-refractivity contribution is 7.92. The molecule has 200 valence electrons. The van der Waals surface area contributed by atoms with Gasteiger partial charge < -0.3 is 14.4 Å². The van der Waals surface area contributed by atoms with Crippen LogP contribution >= 0.6 is 11.6 Å². The Bertz CT molecular complexity index is 1250. The normalized spacial score (nSPS) is 12.9. The fourth-order valence-corrected chi connectivity index (χ4v) is 4.08. The largest absolute Gasteiger partial charge is 0.480 e. The minimum Gasteiger partial charge on any atom is -0.480 e. The lowest BCUT2D eigenvalue weighted by molar-refractivity contribution is 0.122. The first-order valence-corrected chi connectivity index (χ1v) is 13.5. The lowest BCUT2D eigenvalue weighted by atomic mass is 10.1. The fourth-order valence-electron chi connectivity index (χ4n) is 3.29. The number of benzene rings is 1. The third kappa shape index (κ3) is 7.62. The zero-order chi connectivity index (χ0) is 26.2. The number of hydrogen-bond acceptors (Lipinski definition) is 8. The summed E-state index contributed by atoms with van der Waals surface area (Å²) < 4.78 is 50.6. The van der Waals surface area contributed by atoms with Crippen LogP contribution in [0, 0.1) is 5.82 Å². The molecule has 2 aromatic heterocycles. The van der Waals surface area contributed by atoms with Crippen molar-refractivity contribution in [3.8, 4) is 17.1 Å². The van der Waals surface area contributed by atoms with Gasteiger partial charge in [-0.15, -0.1) is 0 Å². The number of halogens is 2. The molecule has 1 aliphatic rings. The van der Waals surface area contributed by atoms with Gasteiger partial charge in [0.25, 0.3) is 0 Å². The van der Waals surface area contributed by atoms with Gasteiger partial charge in [0.05, 0.1) is 42.8 Å². The third-order valence-electron chi connectivity index (χ3n) is 4.61. The van der Waals surface area contributed by atoms with E-state index in [-0.39, 0.29) is 24.0 Å². The summed E-state index contributed by atoms with van der Waals surface area (Å²) in [6, 6.07) is 4.00. The Hall–Kier alpha value is -2.76. The average molecular weight is 544 g/mol. The van der Waals surface area contributed by atoms with E-state index in [0.29, 0.717) is 54.4 Å². The molecule has 0 spiro atoms. The van der Waals surface area contributed by atoms with Crippen LogP contribution in [-0.4, -0.2) is 63.0 Å². The predicted molar refractivity (Wildman–Crippen MR) is 145 cm³/mol. The van der Waals surface area contributed by atoms with E-state index < -0.39 is 15.8 Å². The number of rotatable bonds is 5. The van der Waals surface area contributed by atoms with Crippen molar-refractivity contribution in [2.45, 2.75) is 35.1 Å². The van der Waals surface area contributed by atoms with E-state index in [1.807, 2.05) is 32.6 Å². The van der Waals surface area contributed by atoms with E-state index in [1.54, 1.807) is 0 Å². The van der Waals surface area contributed by atoms with E-state index >= 15 is 0 Å². The van der Waals surface area contributed by atoms with Crippen LogP contribution in [0.25, 0.3) is 22.2 Å². The number of methoxy groups -OCH3 is 1. The highest BCUT2D eigenvalue weighted by atomic mass is 35.5. The molecular weight excluding hydrogens is 509 g/mol. The highest BCUT2D eigenvalue weighted by Gasteiger charge is 2.21. The summed E-state index contributed by atoms with van der Waals surface area (Å²) in [6.45, 7) is 10.2. The Kier molecular flexibility index (Phi) is 12.2. The number of ether oxygens (including phenoxy) is 2. The van der Waals surface area contributed by atoms with Gasteiger partial charge in [0.15, 0.2) is 0 Å². The Labute approximate surface area is 218 Å². The number of sulfonamides is 1. The van der Waals surface area contributed by atoms with Crippen LogP contribution in [0.3, 0.4) is 0 Å². The molecule has 12 heteroatoms. The summed E-state index contributed by atoms with van der Waals surface area (Å²) in [5.74, 6) is -0.0460. The molecule has 4 rings (SSSR count). The van der Waals surface area contributed by atoms with Crippen LogP contribution in [0.4, 0.5) is 16.0 Å². The fraction of sp³-hybridized carbons (Fsp3) is 0.458. The Morgan fingerprint density at radius 3 is 2.33 bits per heavy atom. The molecule has 0 atom stereocenters. The van der Waals surface area contributed by atoms with Gasteiger partial charge in [-0.3, -0.25) is 4.72 Å². The first kappa shape index (κ1) is 31.3. The van der Waals surface area contributed by atoms with Gasteiger partial charge in [-0.05, 0) is 18.2 Å². The summed E-state index contributed by atoms with van der Waals surface area (Å²) >= 11 is 6.30. The molecule has 1 saturated heterocycles. The lowest BCUT2D eigenvalue weighted by Crippen LogP contribution is -2.37. The van der Waals surface area contributed by atoms with Crippen LogP contribution in [0.5, 0.6) is 5.88 Å². The van der Waals surface area contributed by atoms with E-state index in [2.05, 4.69) is 19.7 Å². The van der Waals surface area contributed by atoms with Crippen molar-refractivity contribution in [1.29, 1.82) is 0 Å². The van der Waals surface area contributed by atoms with Gasteiger partial charge in [0.1, 0.15) is 11.5 Å². The maximum Gasteiger partial charge on any atom is 0.238 e. The van der Waals surface area contributed by atoms with E-state index in [9.17, 15) is 12.8 Å². The molecular formula is C24H35ClFN5O4S. The molecule has 9 nitrogen and oxygen atoms in total. The average Bonchev–Trinajstić information content (AvgIpc) is 2.85. The smallest absolute Gasteiger partial charge is 0.238 e. The van der Waals surface area contributed by atoms with Crippen LogP contribution in [0.2, 0.25) is 5.02 Å². The molecule has 0 radical (unpaired) electrons. The first-order valence-electron chi connectivity index (χ1n) is 11.3. The number of nitrogens with one attached hydrogen (secondary N) is 1. The monoisotopic (exact) mass is 543 g/mol. The zero-order valence-electron chi connectivity index (χ0n) is 20.7. The second-order valence-electron chi connectivity index (χ2n) is 6.91. The number of fused-ring (bicyclic) bond motifs is 1. The van der Waals surface area contributed by atoms with Gasteiger partial charge in [0, 0.05) is 30.2 Å². The van der Waals surface area contributed by atoms with Gasteiger partial charge in [-0.25, -0.2) is 27.8 Å². The van der Waals surface area contributed by atoms with Crippen molar-refractivity contribution in [2.75, 3.05) is 49.3 Å². The van der Waals surface area contributed by atoms with Crippen LogP contribution in [0.15, 0.2) is 24.4 Å². The first-order chi connectivity index (χ1) is 16.7. The summed E-state index contributed by atoms with van der Waals surface area (Å²) in [4.78, 5) is 15.3. The summed E-state index contributed by atoms with van der Waals surface area (Å²) in [5, 5.41) is 0.517. The number of morpholine rings is 1. The van der Waals surface area contributed by atoms with E-state index in [0.717, 1.165) is 6.26 Å². The minimum atomic E-state index is -3.60. The Balaban J connectivity index is 0.00000123. The summed E-state index contributed by atoms with van der Waals surface area (Å²) in [5.41, 5.74) is 1.31. The summed E-state index contributed by atoms with van der Waals surface area (Å²) in [7, 11) is -2.22. The van der Waals surface area contributed by atoms with Crippen molar-refractivity contribution < 1.29 is 22.3 Å². The number of nitrogens with zero attached hydrogens (tertiary/aromatic N) is 4. The van der Waals surface area contributed by atoms with Crippen LogP contribution in [0.1, 0.15) is 35.1 Å². The van der Waals surface area contributed by atoms with Gasteiger partial charge in [0.2, 0.25) is 21.9 Å². The minimum absolute atomic E-state index is 0. The van der Waals surface area contributed by atoms with Gasteiger partial charge >= 0.3 is 0 Å². The SMILES string of the molecule is C.CC.CC.COc1ncc(-c2nc(N3CCOCC3)nc3c(Cl)cc(F)cc23)cc1NS(C)(=O)=O. The van der Waals surface area contributed by atoms with Crippen LogP contribution in [-0.2, 0) is 14.8 Å². The van der Waals surface area contributed by atoms with E-state index in [1.165, 1.54) is 31.5 Å². The molecule has 0 amide bonds. The van der Waals surface area contributed by atoms with E-state index in [4.69, 9.17) is 21.1 Å². The predicted octanol–water partition coefficient (Wildman–Crippen LogP) is 5.39. The van der Waals surface area contributed by atoms with Crippen molar-refractivity contribution in [2.24, 2.45) is 0 Å². The molecule has 0 saturated carbocycles. The maximum atomic E-state index is 14.2. The standard InChI is InChI=1S/C19H19ClFN5O4S.2C2H6.CH4/c1-29-18-15(25-31(2,27)28)7-11(10-22-18)16-13-8-12(21)9-14(20)17(13)24-19(23-16)26-3-5-30-6-4-26;2*1-2;/h7-10,25H,3-6H2,1-2H3;2*1-2H3;1H4. The summed E-state index contributed by atoms with van der Waals surface area (Å²) in [6.07, 6.45) is 2.49. The molecule has 3 aromatic rings. The molecule has 3 heterocycles. The zero-order valence-corrected chi connectivity index (χ0v) is 22.3. The van der Waals surface area contributed by atoms with Gasteiger partial charge in [-0.2, -0.15) is 0 Å². The molecule has 36 heavy (non-hydrogen) atoms. The van der Waals surface area contributed by atoms with Crippen molar-refractivity contribution >= 4 is 44.2 Å². The van der Waals surface area contributed by atoms with Crippen molar-refractivity contribution in [3.63, 3.8) is 0 Å². The van der Waals surface area contributed by atoms with Crippen LogP contribution < -0.4 is 14.4 Å². The second-order valence-corrected chi connectivity index (χ2v) is 9.07. The lowest BCUT2D eigenvalue weighted by Gasteiger charge is -2.27. The molecule has 1 fully saturated rings. The number of hydrogen-bond donors (Lipinski definition) is 1. The number of aromatic nitrogens is 3. The second kappa shape index (κ2) is 14.1. The van der Waals surface area contributed by atoms with Crippen molar-refractivity contribution in [3.05, 3.63) is 35.2 Å². The highest BCUT2D eigenvalue weighted by Crippen LogP contribution is 2.35. The molecule has 0 unspecified atom stereocenters. The van der Waals surface area contributed by atoms with Crippen molar-refractivity contribution in [1.82, 2.24) is 15.0 Å². The molecule has 1 N–H and O–H groups in total. The molecule has 0 bridgehead atoms. The topological polar surface area (TPSA) is 107 Å². The number of anilines is 2. The maximum absolute atomic E-state index is 14.2. The Morgan fingerprint density at radius 2 is 1.75 bits per heavy atom. The third-order valence-corrected chi connectivity index (χ3v) is 5.49. The van der Waals surface area contributed by atoms with Gasteiger partial charge in [-0.1, -0.05) is 46.7 Å². The Morgan fingerprint density at radius 1 is 1.11 bits per heavy atom. The molecule has 1 aromatic carbocycles.